The first-order valence-electron chi connectivity index (χ1n) is 12.6. The minimum Gasteiger partial charge on any atom is -0.352 e. The van der Waals surface area contributed by atoms with Crippen molar-refractivity contribution < 1.29 is 17.6 Å². The van der Waals surface area contributed by atoms with Crippen LogP contribution in [-0.2, 0) is 6.54 Å². The summed E-state index contributed by atoms with van der Waals surface area (Å²) in [5.74, 6) is -0.00958. The van der Waals surface area contributed by atoms with Crippen molar-refractivity contribution in [3.05, 3.63) is 65.7 Å². The number of benzene rings is 1. The van der Waals surface area contributed by atoms with Gasteiger partial charge in [0.1, 0.15) is 22.8 Å². The van der Waals surface area contributed by atoms with Crippen LogP contribution in [0.1, 0.15) is 44.5 Å². The lowest BCUT2D eigenvalue weighted by atomic mass is 9.94. The molecule has 38 heavy (non-hydrogen) atoms. The molecular formula is C27H29F4N7. The van der Waals surface area contributed by atoms with E-state index in [4.69, 9.17) is 9.97 Å². The minimum atomic E-state index is -2.77. The third-order valence-corrected chi connectivity index (χ3v) is 7.18. The monoisotopic (exact) mass is 527 g/mol. The van der Waals surface area contributed by atoms with Gasteiger partial charge in [-0.1, -0.05) is 26.8 Å². The normalized spacial score (nSPS) is 15.7. The van der Waals surface area contributed by atoms with Gasteiger partial charge in [-0.15, -0.1) is 0 Å². The number of aromatic nitrogens is 5. The summed E-state index contributed by atoms with van der Waals surface area (Å²) in [6.07, 6.45) is 4.36. The fourth-order valence-electron chi connectivity index (χ4n) is 4.55. The third-order valence-electron chi connectivity index (χ3n) is 7.18. The Morgan fingerprint density at radius 3 is 2.34 bits per heavy atom. The van der Waals surface area contributed by atoms with Gasteiger partial charge in [0, 0.05) is 67.7 Å². The van der Waals surface area contributed by atoms with Crippen molar-refractivity contribution in [3.8, 4) is 11.3 Å². The molecule has 0 saturated carbocycles. The Morgan fingerprint density at radius 1 is 0.921 bits per heavy atom. The number of piperazine rings is 1. The van der Waals surface area contributed by atoms with Crippen LogP contribution in [0.5, 0.6) is 0 Å². The van der Waals surface area contributed by atoms with E-state index in [1.54, 1.807) is 6.20 Å². The lowest BCUT2D eigenvalue weighted by Crippen LogP contribution is -2.46. The molecule has 7 nitrogen and oxygen atoms in total. The number of anilines is 1. The summed E-state index contributed by atoms with van der Waals surface area (Å²) in [6, 6.07) is 5.52. The van der Waals surface area contributed by atoms with E-state index in [-0.39, 0.29) is 5.92 Å². The van der Waals surface area contributed by atoms with Crippen molar-refractivity contribution in [3.63, 3.8) is 0 Å². The summed E-state index contributed by atoms with van der Waals surface area (Å²) in [5.41, 5.74) is 3.49. The zero-order valence-corrected chi connectivity index (χ0v) is 21.5. The van der Waals surface area contributed by atoms with Gasteiger partial charge >= 0.3 is 6.55 Å². The maximum atomic E-state index is 14.2. The predicted molar refractivity (Wildman–Crippen MR) is 137 cm³/mol. The first-order valence-corrected chi connectivity index (χ1v) is 12.6. The SMILES string of the molecule is CC(C)C(C)c1cc2nc(-c3cnn(C(F)F)c3)c(N3CCN(Cc4ccc(F)cc4F)CC3)nc2cn1. The minimum absolute atomic E-state index is 0.213. The van der Waals surface area contributed by atoms with E-state index in [1.807, 2.05) is 11.0 Å². The Morgan fingerprint density at radius 2 is 1.68 bits per heavy atom. The molecule has 11 heteroatoms. The number of hydrogen-bond acceptors (Lipinski definition) is 6. The fourth-order valence-corrected chi connectivity index (χ4v) is 4.55. The Hall–Kier alpha value is -3.60. The molecule has 1 unspecified atom stereocenters. The Balaban J connectivity index is 1.45. The molecule has 3 aromatic heterocycles. The average Bonchev–Trinajstić information content (AvgIpc) is 3.40. The molecule has 0 N–H and O–H groups in total. The summed E-state index contributed by atoms with van der Waals surface area (Å²) < 4.78 is 54.6. The Labute approximate surface area is 218 Å². The van der Waals surface area contributed by atoms with Gasteiger partial charge in [0.25, 0.3) is 0 Å². The van der Waals surface area contributed by atoms with E-state index in [2.05, 4.69) is 35.8 Å². The van der Waals surface area contributed by atoms with Gasteiger partial charge in [-0.2, -0.15) is 13.9 Å². The van der Waals surface area contributed by atoms with Crippen molar-refractivity contribution >= 4 is 16.9 Å². The zero-order valence-electron chi connectivity index (χ0n) is 21.5. The molecule has 0 spiro atoms. The Bertz CT molecular complexity index is 1430. The first kappa shape index (κ1) is 26.0. The second kappa shape index (κ2) is 10.6. The highest BCUT2D eigenvalue weighted by Gasteiger charge is 2.25. The second-order valence-electron chi connectivity index (χ2n) is 10.0. The Kier molecular flexibility index (Phi) is 7.29. The number of pyridine rings is 1. The van der Waals surface area contributed by atoms with Gasteiger partial charge in [0.15, 0.2) is 5.82 Å². The van der Waals surface area contributed by atoms with Crippen molar-refractivity contribution in [1.82, 2.24) is 29.6 Å². The van der Waals surface area contributed by atoms with Gasteiger partial charge in [0.05, 0.1) is 17.9 Å². The van der Waals surface area contributed by atoms with Crippen molar-refractivity contribution in [2.24, 2.45) is 5.92 Å². The van der Waals surface area contributed by atoms with Crippen LogP contribution in [0.3, 0.4) is 0 Å². The van der Waals surface area contributed by atoms with Crippen LogP contribution in [-0.4, -0.2) is 55.8 Å². The summed E-state index contributed by atoms with van der Waals surface area (Å²) in [6.45, 7) is 6.29. The molecule has 1 aliphatic rings. The highest BCUT2D eigenvalue weighted by Crippen LogP contribution is 2.32. The zero-order chi connectivity index (χ0) is 27.0. The molecule has 0 amide bonds. The van der Waals surface area contributed by atoms with Gasteiger partial charge in [0.2, 0.25) is 0 Å². The molecule has 1 atom stereocenters. The lowest BCUT2D eigenvalue weighted by molar-refractivity contribution is 0.0566. The van der Waals surface area contributed by atoms with Crippen LogP contribution < -0.4 is 4.90 Å². The van der Waals surface area contributed by atoms with Crippen LogP contribution in [0.25, 0.3) is 22.3 Å². The fraction of sp³-hybridized carbons (Fsp3) is 0.407. The molecule has 0 bridgehead atoms. The van der Waals surface area contributed by atoms with Crippen LogP contribution in [0.2, 0.25) is 0 Å². The van der Waals surface area contributed by atoms with E-state index in [0.717, 1.165) is 11.8 Å². The van der Waals surface area contributed by atoms with Gasteiger partial charge in [-0.3, -0.25) is 9.88 Å². The van der Waals surface area contributed by atoms with Crippen LogP contribution in [0.15, 0.2) is 42.9 Å². The van der Waals surface area contributed by atoms with E-state index < -0.39 is 18.2 Å². The summed E-state index contributed by atoms with van der Waals surface area (Å²) >= 11 is 0. The summed E-state index contributed by atoms with van der Waals surface area (Å²) in [4.78, 5) is 18.5. The van der Waals surface area contributed by atoms with Crippen LogP contribution in [0.4, 0.5) is 23.4 Å². The number of nitrogens with zero attached hydrogens (tertiary/aromatic N) is 7. The number of rotatable bonds is 7. The smallest absolute Gasteiger partial charge is 0.333 e. The van der Waals surface area contributed by atoms with E-state index in [9.17, 15) is 17.6 Å². The van der Waals surface area contributed by atoms with Crippen LogP contribution >= 0.6 is 0 Å². The van der Waals surface area contributed by atoms with Crippen molar-refractivity contribution in [2.75, 3.05) is 31.1 Å². The summed E-state index contributed by atoms with van der Waals surface area (Å²) in [7, 11) is 0. The molecule has 5 rings (SSSR count). The topological polar surface area (TPSA) is 63.0 Å². The maximum Gasteiger partial charge on any atom is 0.333 e. The van der Waals surface area contributed by atoms with Gasteiger partial charge in [-0.25, -0.2) is 23.4 Å². The van der Waals surface area contributed by atoms with Gasteiger partial charge in [-0.05, 0) is 18.1 Å². The van der Waals surface area contributed by atoms with Crippen molar-refractivity contribution in [2.45, 2.75) is 39.8 Å². The number of fused-ring (bicyclic) bond motifs is 1. The number of hydrogen-bond donors (Lipinski definition) is 0. The van der Waals surface area contributed by atoms with E-state index in [0.29, 0.717) is 77.0 Å². The summed E-state index contributed by atoms with van der Waals surface area (Å²) in [5, 5.41) is 3.80. The molecule has 4 heterocycles. The van der Waals surface area contributed by atoms with Crippen LogP contribution in [0, 0.1) is 17.6 Å². The molecule has 0 aliphatic carbocycles. The molecule has 1 saturated heterocycles. The number of halogens is 4. The molecule has 200 valence electrons. The molecule has 1 aliphatic heterocycles. The average molecular weight is 528 g/mol. The standard InChI is InChI=1S/C27H29F4N7/c1-16(2)17(3)22-11-23-24(13-32-22)35-26(25(34-23)19-12-33-38(15-19)27(30)31)37-8-6-36(7-9-37)14-18-4-5-20(28)10-21(18)29/h4-5,10-13,15-17,27H,6-9,14H2,1-3H3. The predicted octanol–water partition coefficient (Wildman–Crippen LogP) is 5.64. The van der Waals surface area contributed by atoms with Crippen molar-refractivity contribution in [1.29, 1.82) is 0 Å². The lowest BCUT2D eigenvalue weighted by Gasteiger charge is -2.36. The molecular weight excluding hydrogens is 498 g/mol. The molecule has 1 fully saturated rings. The van der Waals surface area contributed by atoms with E-state index in [1.165, 1.54) is 24.5 Å². The second-order valence-corrected chi connectivity index (χ2v) is 10.0. The first-order chi connectivity index (χ1) is 18.2. The van der Waals surface area contributed by atoms with E-state index >= 15 is 0 Å². The molecule has 4 aromatic rings. The number of alkyl halides is 2. The quantitative estimate of drug-likeness (QED) is 0.290. The molecule has 0 radical (unpaired) electrons. The highest BCUT2D eigenvalue weighted by atomic mass is 19.3. The molecule has 1 aromatic carbocycles. The third kappa shape index (κ3) is 5.33. The largest absolute Gasteiger partial charge is 0.352 e. The van der Waals surface area contributed by atoms with Gasteiger partial charge < -0.3 is 4.90 Å². The highest BCUT2D eigenvalue weighted by molar-refractivity contribution is 5.83. The maximum absolute atomic E-state index is 14.2.